The quantitative estimate of drug-likeness (QED) is 0.449. The van der Waals surface area contributed by atoms with E-state index < -0.39 is 0 Å². The van der Waals surface area contributed by atoms with E-state index in [1.807, 2.05) is 0 Å². The molecule has 13 heavy (non-hydrogen) atoms. The average Bonchev–Trinajstić information content (AvgIpc) is 2.11. The molecule has 0 bridgehead atoms. The van der Waals surface area contributed by atoms with Crippen LogP contribution in [0.2, 0.25) is 0 Å². The van der Waals surface area contributed by atoms with Gasteiger partial charge in [-0.2, -0.15) is 0 Å². The monoisotopic (exact) mass is 184 g/mol. The lowest BCUT2D eigenvalue weighted by atomic mass is 10.2. The minimum Gasteiger partial charge on any atom is -0.396 e. The predicted octanol–water partition coefficient (Wildman–Crippen LogP) is 0.575. The molecule has 74 valence electrons. The maximum atomic E-state index is 10.8. The number of aliphatic hydroxyl groups excluding tert-OH is 1. The zero-order valence-electron chi connectivity index (χ0n) is 7.75. The van der Waals surface area contributed by atoms with Crippen molar-refractivity contribution in [1.82, 2.24) is 5.32 Å². The number of carbonyl (C=O) groups excluding carboxylic acids is 1. The van der Waals surface area contributed by atoms with Crippen LogP contribution in [0.15, 0.2) is 0 Å². The molecule has 0 rings (SSSR count). The fourth-order valence-corrected chi connectivity index (χ4v) is 0.946. The van der Waals surface area contributed by atoms with Crippen molar-refractivity contribution >= 4 is 5.91 Å². The minimum atomic E-state index is -0.197. The lowest BCUT2D eigenvalue weighted by molar-refractivity contribution is -0.119. The molecule has 0 aliphatic carbocycles. The van der Waals surface area contributed by atoms with Gasteiger partial charge in [-0.3, -0.25) is 4.79 Å². The van der Waals surface area contributed by atoms with Crippen LogP contribution in [-0.2, 0) is 4.79 Å². The van der Waals surface area contributed by atoms with Crippen LogP contribution >= 0.6 is 0 Å². The predicted molar refractivity (Wildman–Crippen MR) is 50.0 cm³/mol. The molecule has 0 atom stereocenters. The number of hydrogen-bond acceptors (Lipinski definition) is 2. The summed E-state index contributed by atoms with van der Waals surface area (Å²) in [4.78, 5) is 13.7. The highest BCUT2D eigenvalue weighted by Gasteiger charge is 2.00. The van der Waals surface area contributed by atoms with Crippen molar-refractivity contribution in [2.75, 3.05) is 19.7 Å². The van der Waals surface area contributed by atoms with E-state index in [4.69, 9.17) is 11.7 Å². The van der Waals surface area contributed by atoms with Gasteiger partial charge in [-0.1, -0.05) is 12.8 Å². The zero-order valence-corrected chi connectivity index (χ0v) is 7.75. The third-order valence-electron chi connectivity index (χ3n) is 1.63. The van der Waals surface area contributed by atoms with E-state index in [-0.39, 0.29) is 19.1 Å². The molecule has 2 N–H and O–H groups in total. The molecule has 0 spiro atoms. The first-order valence-electron chi connectivity index (χ1n) is 4.52. The Morgan fingerprint density at radius 2 is 2.00 bits per heavy atom. The van der Waals surface area contributed by atoms with Gasteiger partial charge in [-0.05, 0) is 12.8 Å². The van der Waals surface area contributed by atoms with Gasteiger partial charge in [0.15, 0.2) is 0 Å². The van der Waals surface area contributed by atoms with Crippen LogP contribution in [0.4, 0.5) is 0 Å². The lowest BCUT2D eigenvalue weighted by Gasteiger charge is -2.00. The molecule has 0 aromatic heterocycles. The van der Waals surface area contributed by atoms with Crippen LogP contribution < -0.4 is 5.32 Å². The summed E-state index contributed by atoms with van der Waals surface area (Å²) >= 11 is 0. The summed E-state index contributed by atoms with van der Waals surface area (Å²) in [5.74, 6) is -0.197. The van der Waals surface area contributed by atoms with Gasteiger partial charge in [0.2, 0.25) is 0 Å². The summed E-state index contributed by atoms with van der Waals surface area (Å²) in [6.45, 7) is 7.25. The fourth-order valence-electron chi connectivity index (χ4n) is 0.946. The highest BCUT2D eigenvalue weighted by Crippen LogP contribution is 1.97. The SMILES string of the molecule is [C-]#[N+]CC(=O)NCCCCCCO. The third kappa shape index (κ3) is 8.83. The van der Waals surface area contributed by atoms with Gasteiger partial charge >= 0.3 is 0 Å². The Kier molecular flexibility index (Phi) is 8.26. The topological polar surface area (TPSA) is 53.7 Å². The van der Waals surface area contributed by atoms with Gasteiger partial charge in [-0.25, -0.2) is 6.57 Å². The number of rotatable bonds is 7. The number of carbonyl (C=O) groups is 1. The summed E-state index contributed by atoms with van der Waals surface area (Å²) in [5, 5.41) is 11.1. The maximum Gasteiger partial charge on any atom is 0.300 e. The second kappa shape index (κ2) is 9.01. The molecule has 0 fully saturated rings. The minimum absolute atomic E-state index is 0.0728. The van der Waals surface area contributed by atoms with Gasteiger partial charge in [0.25, 0.3) is 12.5 Å². The molecular weight excluding hydrogens is 168 g/mol. The maximum absolute atomic E-state index is 10.8. The Morgan fingerprint density at radius 1 is 1.31 bits per heavy atom. The van der Waals surface area contributed by atoms with Crippen LogP contribution in [0.3, 0.4) is 0 Å². The molecule has 0 saturated heterocycles. The highest BCUT2D eigenvalue weighted by atomic mass is 16.2. The Balaban J connectivity index is 3.08. The Morgan fingerprint density at radius 3 is 2.62 bits per heavy atom. The molecule has 4 nitrogen and oxygen atoms in total. The van der Waals surface area contributed by atoms with Crippen LogP contribution in [-0.4, -0.2) is 30.7 Å². The molecule has 0 unspecified atom stereocenters. The molecule has 4 heteroatoms. The summed E-state index contributed by atoms with van der Waals surface area (Å²) < 4.78 is 0. The van der Waals surface area contributed by atoms with Crippen molar-refractivity contribution in [3.8, 4) is 0 Å². The second-order valence-corrected chi connectivity index (χ2v) is 2.80. The standard InChI is InChI=1S/C9H16N2O2/c1-10-8-9(13)11-6-4-2-3-5-7-12/h12H,2-8H2,(H,11,13). The Bertz CT molecular complexity index is 175. The van der Waals surface area contributed by atoms with Crippen LogP contribution in [0.25, 0.3) is 4.85 Å². The van der Waals surface area contributed by atoms with Crippen molar-refractivity contribution in [1.29, 1.82) is 0 Å². The Labute approximate surface area is 78.8 Å². The smallest absolute Gasteiger partial charge is 0.300 e. The number of unbranched alkanes of at least 4 members (excludes halogenated alkanes) is 3. The summed E-state index contributed by atoms with van der Waals surface area (Å²) in [6, 6.07) is 0. The molecule has 0 aromatic rings. The van der Waals surface area contributed by atoms with Crippen molar-refractivity contribution in [3.05, 3.63) is 11.4 Å². The third-order valence-corrected chi connectivity index (χ3v) is 1.63. The van der Waals surface area contributed by atoms with Gasteiger partial charge in [-0.15, -0.1) is 0 Å². The number of nitrogens with one attached hydrogen (secondary N) is 1. The molecule has 0 saturated carbocycles. The first-order valence-corrected chi connectivity index (χ1v) is 4.52. The van der Waals surface area contributed by atoms with Crippen molar-refractivity contribution in [2.45, 2.75) is 25.7 Å². The van der Waals surface area contributed by atoms with Gasteiger partial charge in [0.05, 0.1) is 0 Å². The van der Waals surface area contributed by atoms with E-state index in [9.17, 15) is 4.79 Å². The van der Waals surface area contributed by atoms with Gasteiger partial charge in [0.1, 0.15) is 0 Å². The number of amides is 1. The molecule has 0 aliphatic rings. The molecular formula is C9H16N2O2. The normalized spacial score (nSPS) is 9.23. The number of aliphatic hydroxyl groups is 1. The molecule has 0 aromatic carbocycles. The zero-order chi connectivity index (χ0) is 9.94. The number of hydrogen-bond donors (Lipinski definition) is 2. The van der Waals surface area contributed by atoms with Gasteiger partial charge < -0.3 is 15.3 Å². The Hall–Kier alpha value is -1.08. The van der Waals surface area contributed by atoms with Crippen molar-refractivity contribution in [3.63, 3.8) is 0 Å². The molecule has 1 amide bonds. The summed E-state index contributed by atoms with van der Waals surface area (Å²) in [6.07, 6.45) is 3.76. The molecule has 0 aliphatic heterocycles. The van der Waals surface area contributed by atoms with E-state index in [2.05, 4.69) is 10.2 Å². The van der Waals surface area contributed by atoms with E-state index in [1.54, 1.807) is 0 Å². The lowest BCUT2D eigenvalue weighted by Crippen LogP contribution is -2.25. The van der Waals surface area contributed by atoms with Crippen LogP contribution in [0, 0.1) is 6.57 Å². The van der Waals surface area contributed by atoms with E-state index >= 15 is 0 Å². The summed E-state index contributed by atoms with van der Waals surface area (Å²) in [7, 11) is 0. The van der Waals surface area contributed by atoms with Gasteiger partial charge in [0, 0.05) is 13.2 Å². The summed E-state index contributed by atoms with van der Waals surface area (Å²) in [5.41, 5.74) is 0. The van der Waals surface area contributed by atoms with E-state index in [0.717, 1.165) is 25.7 Å². The first-order chi connectivity index (χ1) is 6.31. The highest BCUT2D eigenvalue weighted by molar-refractivity contribution is 5.79. The number of nitrogens with zero attached hydrogens (tertiary/aromatic N) is 1. The van der Waals surface area contributed by atoms with Crippen LogP contribution in [0.5, 0.6) is 0 Å². The van der Waals surface area contributed by atoms with E-state index in [0.29, 0.717) is 6.54 Å². The first kappa shape index (κ1) is 11.9. The second-order valence-electron chi connectivity index (χ2n) is 2.80. The average molecular weight is 184 g/mol. The van der Waals surface area contributed by atoms with Crippen molar-refractivity contribution in [2.24, 2.45) is 0 Å². The molecule has 0 radical (unpaired) electrons. The van der Waals surface area contributed by atoms with Crippen LogP contribution in [0.1, 0.15) is 25.7 Å². The largest absolute Gasteiger partial charge is 0.396 e. The fraction of sp³-hybridized carbons (Fsp3) is 0.778. The van der Waals surface area contributed by atoms with Crippen molar-refractivity contribution < 1.29 is 9.90 Å². The molecule has 0 heterocycles. The van der Waals surface area contributed by atoms with E-state index in [1.165, 1.54) is 0 Å².